The van der Waals surface area contributed by atoms with Crippen LogP contribution in [-0.4, -0.2) is 19.2 Å². The lowest BCUT2D eigenvalue weighted by molar-refractivity contribution is 0.242. The maximum absolute atomic E-state index is 5.72. The van der Waals surface area contributed by atoms with Crippen LogP contribution in [-0.2, 0) is 0 Å². The topological polar surface area (TPSA) is 21.3 Å². The molecule has 0 saturated carbocycles. The summed E-state index contributed by atoms with van der Waals surface area (Å²) < 4.78 is 5.72. The van der Waals surface area contributed by atoms with Crippen molar-refractivity contribution in [3.63, 3.8) is 0 Å². The zero-order valence-corrected chi connectivity index (χ0v) is 12.7. The lowest BCUT2D eigenvalue weighted by atomic mass is 10.1. The third-order valence-corrected chi connectivity index (χ3v) is 2.83. The van der Waals surface area contributed by atoms with Crippen molar-refractivity contribution < 1.29 is 4.74 Å². The van der Waals surface area contributed by atoms with E-state index in [9.17, 15) is 0 Å². The quantitative estimate of drug-likeness (QED) is 0.706. The summed E-state index contributed by atoms with van der Waals surface area (Å²) in [4.78, 5) is 0. The first-order valence-corrected chi connectivity index (χ1v) is 7.32. The average molecular weight is 261 g/mol. The van der Waals surface area contributed by atoms with Gasteiger partial charge in [-0.3, -0.25) is 0 Å². The van der Waals surface area contributed by atoms with Crippen LogP contribution in [0.3, 0.4) is 0 Å². The van der Waals surface area contributed by atoms with Gasteiger partial charge in [0.15, 0.2) is 0 Å². The van der Waals surface area contributed by atoms with E-state index in [0.29, 0.717) is 0 Å². The summed E-state index contributed by atoms with van der Waals surface area (Å²) >= 11 is 0. The molecule has 1 aromatic carbocycles. The Balaban J connectivity index is 2.71. The molecule has 1 N–H and O–H groups in total. The van der Waals surface area contributed by atoms with Gasteiger partial charge in [-0.15, -0.1) is 0 Å². The number of ether oxygens (including phenoxy) is 1. The molecular formula is C17H27NO. The van der Waals surface area contributed by atoms with E-state index in [-0.39, 0.29) is 6.10 Å². The van der Waals surface area contributed by atoms with E-state index in [1.165, 1.54) is 17.6 Å². The molecule has 19 heavy (non-hydrogen) atoms. The normalized spacial score (nSPS) is 11.9. The fraction of sp³-hybridized carbons (Fsp3) is 0.529. The second-order valence-corrected chi connectivity index (χ2v) is 5.07. The van der Waals surface area contributed by atoms with Crippen LogP contribution < -0.4 is 10.1 Å². The highest BCUT2D eigenvalue weighted by Crippen LogP contribution is 2.17. The number of nitrogens with one attached hydrogen (secondary N) is 1. The van der Waals surface area contributed by atoms with E-state index >= 15 is 0 Å². The van der Waals surface area contributed by atoms with Crippen LogP contribution in [0.25, 0.3) is 6.08 Å². The molecule has 1 rings (SSSR count). The van der Waals surface area contributed by atoms with E-state index in [1.54, 1.807) is 0 Å². The van der Waals surface area contributed by atoms with Crippen molar-refractivity contribution in [2.75, 3.05) is 13.1 Å². The molecule has 0 fully saturated rings. The summed E-state index contributed by atoms with van der Waals surface area (Å²) in [6, 6.07) is 8.30. The zero-order valence-electron chi connectivity index (χ0n) is 12.7. The Morgan fingerprint density at radius 2 is 2.11 bits per heavy atom. The predicted octanol–water partition coefficient (Wildman–Crippen LogP) is 4.27. The van der Waals surface area contributed by atoms with Gasteiger partial charge in [0.25, 0.3) is 0 Å². The molecular weight excluding hydrogens is 234 g/mol. The van der Waals surface area contributed by atoms with Crippen molar-refractivity contribution in [1.29, 1.82) is 0 Å². The molecule has 0 radical (unpaired) electrons. The van der Waals surface area contributed by atoms with Gasteiger partial charge in [0.05, 0.1) is 6.10 Å². The highest BCUT2D eigenvalue weighted by molar-refractivity contribution is 5.55. The summed E-state index contributed by atoms with van der Waals surface area (Å²) in [6.07, 6.45) is 4.73. The first-order chi connectivity index (χ1) is 9.15. The third-order valence-electron chi connectivity index (χ3n) is 2.83. The molecule has 0 aliphatic rings. The van der Waals surface area contributed by atoms with Crippen LogP contribution >= 0.6 is 0 Å². The van der Waals surface area contributed by atoms with Gasteiger partial charge in [0.2, 0.25) is 0 Å². The smallest absolute Gasteiger partial charge is 0.120 e. The molecule has 0 heterocycles. The third kappa shape index (κ3) is 6.44. The first-order valence-electron chi connectivity index (χ1n) is 7.32. The van der Waals surface area contributed by atoms with Crippen LogP contribution in [0.4, 0.5) is 0 Å². The van der Waals surface area contributed by atoms with Crippen molar-refractivity contribution in [1.82, 2.24) is 5.32 Å². The Hall–Kier alpha value is -1.28. The molecule has 0 atom stereocenters. The van der Waals surface area contributed by atoms with Gasteiger partial charge in [-0.05, 0) is 50.9 Å². The number of hydrogen-bond acceptors (Lipinski definition) is 2. The van der Waals surface area contributed by atoms with Crippen molar-refractivity contribution in [3.8, 4) is 5.75 Å². The van der Waals surface area contributed by atoms with Crippen molar-refractivity contribution in [2.24, 2.45) is 0 Å². The highest BCUT2D eigenvalue weighted by Gasteiger charge is 1.99. The van der Waals surface area contributed by atoms with Gasteiger partial charge >= 0.3 is 0 Å². The molecule has 2 heteroatoms. The van der Waals surface area contributed by atoms with Gasteiger partial charge in [-0.25, -0.2) is 0 Å². The van der Waals surface area contributed by atoms with Gasteiger partial charge in [-0.2, -0.15) is 0 Å². The minimum Gasteiger partial charge on any atom is -0.491 e. The van der Waals surface area contributed by atoms with Gasteiger partial charge in [-0.1, -0.05) is 37.6 Å². The first kappa shape index (κ1) is 15.8. The molecule has 0 amide bonds. The van der Waals surface area contributed by atoms with Crippen LogP contribution in [0, 0.1) is 0 Å². The van der Waals surface area contributed by atoms with E-state index in [1.807, 2.05) is 6.07 Å². The van der Waals surface area contributed by atoms with Crippen LogP contribution in [0.1, 0.15) is 46.1 Å². The predicted molar refractivity (Wildman–Crippen MR) is 83.6 cm³/mol. The Bertz CT molecular complexity index is 396. The van der Waals surface area contributed by atoms with Gasteiger partial charge in [0, 0.05) is 6.54 Å². The van der Waals surface area contributed by atoms with Crippen LogP contribution in [0.2, 0.25) is 0 Å². The molecule has 0 unspecified atom stereocenters. The SMILES string of the molecule is CCCNCC(=Cc1cccc(OC(C)C)c1)CC. The minimum absolute atomic E-state index is 0.219. The summed E-state index contributed by atoms with van der Waals surface area (Å²) in [7, 11) is 0. The highest BCUT2D eigenvalue weighted by atomic mass is 16.5. The van der Waals surface area contributed by atoms with Crippen molar-refractivity contribution >= 4 is 6.08 Å². The van der Waals surface area contributed by atoms with E-state index < -0.39 is 0 Å². The minimum atomic E-state index is 0.219. The average Bonchev–Trinajstić information content (AvgIpc) is 2.37. The molecule has 2 nitrogen and oxygen atoms in total. The van der Waals surface area contributed by atoms with Gasteiger partial charge in [0.1, 0.15) is 5.75 Å². The van der Waals surface area contributed by atoms with E-state index in [4.69, 9.17) is 4.74 Å². The largest absolute Gasteiger partial charge is 0.491 e. The van der Waals surface area contributed by atoms with E-state index in [0.717, 1.165) is 25.3 Å². The van der Waals surface area contributed by atoms with Crippen LogP contribution in [0.15, 0.2) is 29.8 Å². The van der Waals surface area contributed by atoms with Gasteiger partial charge < -0.3 is 10.1 Å². The lowest BCUT2D eigenvalue weighted by Gasteiger charge is -2.11. The summed E-state index contributed by atoms with van der Waals surface area (Å²) in [6.45, 7) is 10.5. The Morgan fingerprint density at radius 1 is 1.32 bits per heavy atom. The molecule has 0 aromatic heterocycles. The Morgan fingerprint density at radius 3 is 2.74 bits per heavy atom. The Labute approximate surface area is 117 Å². The zero-order chi connectivity index (χ0) is 14.1. The molecule has 1 aromatic rings. The summed E-state index contributed by atoms with van der Waals surface area (Å²) in [5, 5.41) is 3.45. The fourth-order valence-electron chi connectivity index (χ4n) is 1.89. The summed E-state index contributed by atoms with van der Waals surface area (Å²) in [5.74, 6) is 0.945. The van der Waals surface area contributed by atoms with E-state index in [2.05, 4.69) is 57.3 Å². The number of benzene rings is 1. The number of rotatable bonds is 8. The molecule has 0 saturated heterocycles. The second kappa shape index (κ2) is 8.76. The fourth-order valence-corrected chi connectivity index (χ4v) is 1.89. The van der Waals surface area contributed by atoms with Crippen molar-refractivity contribution in [2.45, 2.75) is 46.6 Å². The standard InChI is InChI=1S/C17H27NO/c1-5-10-18-13-15(6-2)11-16-8-7-9-17(12-16)19-14(3)4/h7-9,11-12,14,18H,5-6,10,13H2,1-4H3. The maximum atomic E-state index is 5.72. The van der Waals surface area contributed by atoms with Crippen molar-refractivity contribution in [3.05, 3.63) is 35.4 Å². The molecule has 0 aliphatic heterocycles. The monoisotopic (exact) mass is 261 g/mol. The second-order valence-electron chi connectivity index (χ2n) is 5.07. The molecule has 0 spiro atoms. The number of hydrogen-bond donors (Lipinski definition) is 1. The molecule has 0 aliphatic carbocycles. The maximum Gasteiger partial charge on any atom is 0.120 e. The molecule has 0 bridgehead atoms. The molecule has 106 valence electrons. The van der Waals surface area contributed by atoms with Crippen LogP contribution in [0.5, 0.6) is 5.75 Å². The Kier molecular flexibility index (Phi) is 7.27. The lowest BCUT2D eigenvalue weighted by Crippen LogP contribution is -2.17. The summed E-state index contributed by atoms with van der Waals surface area (Å²) in [5.41, 5.74) is 2.64.